The van der Waals surface area contributed by atoms with Crippen LogP contribution in [0.3, 0.4) is 0 Å². The number of hydrogen-bond donors (Lipinski definition) is 1. The first-order valence-corrected chi connectivity index (χ1v) is 6.39. The maximum Gasteiger partial charge on any atom is 0.225 e. The van der Waals surface area contributed by atoms with E-state index in [2.05, 4.69) is 21.2 Å². The fourth-order valence-electron chi connectivity index (χ4n) is 1.47. The zero-order chi connectivity index (χ0) is 11.5. The summed E-state index contributed by atoms with van der Waals surface area (Å²) in [5.41, 5.74) is -0.214. The SMILES string of the molecule is CC(Br)C(C)(C)NC(=O)C1CCCOC1. The number of halogens is 1. The van der Waals surface area contributed by atoms with Gasteiger partial charge in [0.05, 0.1) is 12.5 Å². The Bertz CT molecular complexity index is 223. The van der Waals surface area contributed by atoms with Crippen LogP contribution in [0.2, 0.25) is 0 Å². The van der Waals surface area contributed by atoms with Gasteiger partial charge in [-0.05, 0) is 26.7 Å². The molecule has 0 saturated carbocycles. The topological polar surface area (TPSA) is 38.3 Å². The van der Waals surface area contributed by atoms with Gasteiger partial charge in [-0.3, -0.25) is 4.79 Å². The summed E-state index contributed by atoms with van der Waals surface area (Å²) in [4.78, 5) is 12.2. The van der Waals surface area contributed by atoms with E-state index in [0.717, 1.165) is 19.4 Å². The minimum Gasteiger partial charge on any atom is -0.381 e. The highest BCUT2D eigenvalue weighted by molar-refractivity contribution is 9.09. The van der Waals surface area contributed by atoms with Crippen molar-refractivity contribution in [2.75, 3.05) is 13.2 Å². The van der Waals surface area contributed by atoms with Crippen molar-refractivity contribution in [3.63, 3.8) is 0 Å². The molecule has 1 saturated heterocycles. The molecule has 1 amide bonds. The monoisotopic (exact) mass is 277 g/mol. The maximum absolute atomic E-state index is 11.9. The summed E-state index contributed by atoms with van der Waals surface area (Å²) >= 11 is 3.50. The second kappa shape index (κ2) is 5.30. The predicted octanol–water partition coefficient (Wildman–Crippen LogP) is 2.09. The fourth-order valence-corrected chi connectivity index (χ4v) is 1.58. The van der Waals surface area contributed by atoms with Gasteiger partial charge in [0.25, 0.3) is 0 Å². The van der Waals surface area contributed by atoms with Crippen LogP contribution in [0.5, 0.6) is 0 Å². The van der Waals surface area contributed by atoms with Gasteiger partial charge in [-0.2, -0.15) is 0 Å². The lowest BCUT2D eigenvalue weighted by Gasteiger charge is -2.32. The van der Waals surface area contributed by atoms with Gasteiger partial charge in [0.15, 0.2) is 0 Å². The van der Waals surface area contributed by atoms with E-state index < -0.39 is 0 Å². The number of nitrogens with one attached hydrogen (secondary N) is 1. The average molecular weight is 278 g/mol. The van der Waals surface area contributed by atoms with Gasteiger partial charge in [-0.15, -0.1) is 0 Å². The van der Waals surface area contributed by atoms with E-state index in [4.69, 9.17) is 4.74 Å². The second-order valence-electron chi connectivity index (χ2n) is 4.74. The average Bonchev–Trinajstić information content (AvgIpc) is 2.18. The minimum atomic E-state index is -0.214. The van der Waals surface area contributed by atoms with Crippen LogP contribution in [0.4, 0.5) is 0 Å². The summed E-state index contributed by atoms with van der Waals surface area (Å²) in [6.07, 6.45) is 1.93. The molecular formula is C11H20BrNO2. The lowest BCUT2D eigenvalue weighted by atomic mass is 9.97. The van der Waals surface area contributed by atoms with E-state index >= 15 is 0 Å². The van der Waals surface area contributed by atoms with Crippen molar-refractivity contribution in [1.29, 1.82) is 0 Å². The first kappa shape index (κ1) is 13.0. The van der Waals surface area contributed by atoms with Crippen LogP contribution in [0.15, 0.2) is 0 Å². The standard InChI is InChI=1S/C11H20BrNO2/c1-8(12)11(2,3)13-10(14)9-5-4-6-15-7-9/h8-9H,4-7H2,1-3H3,(H,13,14). The minimum absolute atomic E-state index is 0.0317. The van der Waals surface area contributed by atoms with Crippen LogP contribution in [0, 0.1) is 5.92 Å². The Morgan fingerprint density at radius 3 is 2.73 bits per heavy atom. The molecule has 88 valence electrons. The first-order valence-electron chi connectivity index (χ1n) is 5.47. The molecule has 2 atom stereocenters. The number of carbonyl (C=O) groups is 1. The quantitative estimate of drug-likeness (QED) is 0.803. The predicted molar refractivity (Wildman–Crippen MR) is 64.2 cm³/mol. The summed E-state index contributed by atoms with van der Waals surface area (Å²) < 4.78 is 5.31. The molecule has 4 heteroatoms. The smallest absolute Gasteiger partial charge is 0.225 e. The molecule has 2 unspecified atom stereocenters. The van der Waals surface area contributed by atoms with E-state index in [1.807, 2.05) is 20.8 Å². The Hall–Kier alpha value is -0.0900. The number of alkyl halides is 1. The van der Waals surface area contributed by atoms with Crippen LogP contribution in [-0.2, 0) is 9.53 Å². The molecule has 0 aromatic carbocycles. The number of ether oxygens (including phenoxy) is 1. The van der Waals surface area contributed by atoms with E-state index in [1.54, 1.807) is 0 Å². The Morgan fingerprint density at radius 1 is 1.60 bits per heavy atom. The Morgan fingerprint density at radius 2 is 2.27 bits per heavy atom. The number of amides is 1. The second-order valence-corrected chi connectivity index (χ2v) is 6.11. The molecule has 1 aliphatic rings. The Kier molecular flexibility index (Phi) is 4.59. The Labute approximate surface area is 100 Å². The van der Waals surface area contributed by atoms with E-state index in [0.29, 0.717) is 6.61 Å². The summed E-state index contributed by atoms with van der Waals surface area (Å²) in [7, 11) is 0. The molecule has 1 fully saturated rings. The van der Waals surface area contributed by atoms with Gasteiger partial charge < -0.3 is 10.1 Å². The molecule has 0 bridgehead atoms. The van der Waals surface area contributed by atoms with Crippen LogP contribution < -0.4 is 5.32 Å². The van der Waals surface area contributed by atoms with Gasteiger partial charge in [0.1, 0.15) is 0 Å². The summed E-state index contributed by atoms with van der Waals surface area (Å²) in [6, 6.07) is 0. The van der Waals surface area contributed by atoms with E-state index in [-0.39, 0.29) is 22.2 Å². The normalized spacial score (nSPS) is 24.7. The van der Waals surface area contributed by atoms with Crippen LogP contribution in [0.1, 0.15) is 33.6 Å². The highest BCUT2D eigenvalue weighted by Crippen LogP contribution is 2.19. The summed E-state index contributed by atoms with van der Waals surface area (Å²) in [5.74, 6) is 0.148. The number of hydrogen-bond acceptors (Lipinski definition) is 2. The molecule has 1 aliphatic heterocycles. The zero-order valence-corrected chi connectivity index (χ0v) is 11.3. The third-order valence-corrected chi connectivity index (χ3v) is 4.12. The van der Waals surface area contributed by atoms with Crippen molar-refractivity contribution < 1.29 is 9.53 Å². The molecule has 1 rings (SSSR count). The van der Waals surface area contributed by atoms with Crippen LogP contribution in [0.25, 0.3) is 0 Å². The van der Waals surface area contributed by atoms with Gasteiger partial charge in [0.2, 0.25) is 5.91 Å². The lowest BCUT2D eigenvalue weighted by molar-refractivity contribution is -0.130. The van der Waals surface area contributed by atoms with Crippen molar-refractivity contribution in [3.8, 4) is 0 Å². The van der Waals surface area contributed by atoms with Crippen molar-refractivity contribution >= 4 is 21.8 Å². The molecule has 0 aromatic rings. The van der Waals surface area contributed by atoms with Crippen molar-refractivity contribution in [2.24, 2.45) is 5.92 Å². The first-order chi connectivity index (χ1) is 6.93. The molecule has 0 aromatic heterocycles. The van der Waals surface area contributed by atoms with Gasteiger partial charge in [-0.1, -0.05) is 22.9 Å². The summed E-state index contributed by atoms with van der Waals surface area (Å²) in [6.45, 7) is 7.44. The largest absolute Gasteiger partial charge is 0.381 e. The molecule has 3 nitrogen and oxygen atoms in total. The highest BCUT2D eigenvalue weighted by atomic mass is 79.9. The van der Waals surface area contributed by atoms with Crippen molar-refractivity contribution in [1.82, 2.24) is 5.32 Å². The molecule has 15 heavy (non-hydrogen) atoms. The molecule has 0 spiro atoms. The van der Waals surface area contributed by atoms with Gasteiger partial charge >= 0.3 is 0 Å². The van der Waals surface area contributed by atoms with Gasteiger partial charge in [0, 0.05) is 17.0 Å². The zero-order valence-electron chi connectivity index (χ0n) is 9.68. The third-order valence-electron chi connectivity index (χ3n) is 2.97. The van der Waals surface area contributed by atoms with E-state index in [9.17, 15) is 4.79 Å². The number of carbonyl (C=O) groups excluding carboxylic acids is 1. The lowest BCUT2D eigenvalue weighted by Crippen LogP contribution is -2.51. The third kappa shape index (κ3) is 3.76. The molecule has 1 heterocycles. The maximum atomic E-state index is 11.9. The van der Waals surface area contributed by atoms with Gasteiger partial charge in [-0.25, -0.2) is 0 Å². The molecular weight excluding hydrogens is 258 g/mol. The van der Waals surface area contributed by atoms with Crippen molar-refractivity contribution in [3.05, 3.63) is 0 Å². The molecule has 1 N–H and O–H groups in total. The van der Waals surface area contributed by atoms with Crippen LogP contribution >= 0.6 is 15.9 Å². The van der Waals surface area contributed by atoms with Crippen molar-refractivity contribution in [2.45, 2.75) is 44.0 Å². The van der Waals surface area contributed by atoms with E-state index in [1.165, 1.54) is 0 Å². The fraction of sp³-hybridized carbons (Fsp3) is 0.909. The highest BCUT2D eigenvalue weighted by Gasteiger charge is 2.30. The Balaban J connectivity index is 2.47. The number of rotatable bonds is 3. The van der Waals surface area contributed by atoms with Crippen LogP contribution in [-0.4, -0.2) is 29.5 Å². The molecule has 0 aliphatic carbocycles. The molecule has 0 radical (unpaired) electrons. The summed E-state index contributed by atoms with van der Waals surface area (Å²) in [5, 5.41) is 3.06.